The van der Waals surface area contributed by atoms with Crippen molar-refractivity contribution in [1.82, 2.24) is 4.98 Å². The molecular weight excluding hydrogens is 238 g/mol. The minimum Gasteiger partial charge on any atom is -0.378 e. The van der Waals surface area contributed by atoms with E-state index in [1.807, 2.05) is 6.07 Å². The molecule has 1 N–H and O–H groups in total. The SMILES string of the molecule is CC(C)(O)C#Cc1cncc(C#C[Si](C)(C)C)c1. The van der Waals surface area contributed by atoms with E-state index in [0.29, 0.717) is 0 Å². The number of aliphatic hydroxyl groups is 1. The Kier molecular flexibility index (Phi) is 4.35. The largest absolute Gasteiger partial charge is 0.378 e. The van der Waals surface area contributed by atoms with Gasteiger partial charge in [0.15, 0.2) is 0 Å². The molecule has 2 nitrogen and oxygen atoms in total. The van der Waals surface area contributed by atoms with Crippen LogP contribution in [0.2, 0.25) is 19.6 Å². The first kappa shape index (κ1) is 14.5. The smallest absolute Gasteiger partial charge is 0.129 e. The average molecular weight is 257 g/mol. The fraction of sp³-hybridized carbons (Fsp3) is 0.400. The highest BCUT2D eigenvalue weighted by atomic mass is 28.3. The van der Waals surface area contributed by atoms with Gasteiger partial charge < -0.3 is 5.11 Å². The van der Waals surface area contributed by atoms with Crippen LogP contribution in [0.3, 0.4) is 0 Å². The van der Waals surface area contributed by atoms with Crippen LogP contribution in [-0.2, 0) is 0 Å². The molecule has 1 aromatic heterocycles. The minimum atomic E-state index is -1.37. The molecule has 94 valence electrons. The summed E-state index contributed by atoms with van der Waals surface area (Å²) in [6.45, 7) is 9.91. The lowest BCUT2D eigenvalue weighted by molar-refractivity contribution is 0.143. The fourth-order valence-electron chi connectivity index (χ4n) is 1.06. The fourth-order valence-corrected chi connectivity index (χ4v) is 1.58. The quantitative estimate of drug-likeness (QED) is 0.572. The van der Waals surface area contributed by atoms with Gasteiger partial charge in [-0.3, -0.25) is 4.98 Å². The average Bonchev–Trinajstić information content (AvgIpc) is 2.22. The Bertz CT molecular complexity index is 495. The number of hydrogen-bond acceptors (Lipinski definition) is 2. The van der Waals surface area contributed by atoms with Crippen molar-refractivity contribution in [3.05, 3.63) is 29.6 Å². The maximum absolute atomic E-state index is 9.54. The van der Waals surface area contributed by atoms with E-state index in [1.54, 1.807) is 26.2 Å². The highest BCUT2D eigenvalue weighted by molar-refractivity contribution is 6.83. The third-order valence-corrected chi connectivity index (χ3v) is 2.71. The number of rotatable bonds is 0. The zero-order valence-electron chi connectivity index (χ0n) is 11.6. The Morgan fingerprint density at radius 3 is 2.17 bits per heavy atom. The normalized spacial score (nSPS) is 11.0. The Labute approximate surface area is 110 Å². The van der Waals surface area contributed by atoms with Crippen LogP contribution in [0.1, 0.15) is 25.0 Å². The van der Waals surface area contributed by atoms with Crippen molar-refractivity contribution < 1.29 is 5.11 Å². The molecule has 0 aliphatic carbocycles. The van der Waals surface area contributed by atoms with E-state index in [2.05, 4.69) is 47.9 Å². The topological polar surface area (TPSA) is 33.1 Å². The monoisotopic (exact) mass is 257 g/mol. The molecular formula is C15H19NOSi. The summed E-state index contributed by atoms with van der Waals surface area (Å²) in [7, 11) is -1.37. The molecule has 0 aromatic carbocycles. The van der Waals surface area contributed by atoms with Crippen LogP contribution in [0.4, 0.5) is 0 Å². The molecule has 0 amide bonds. The molecule has 0 fully saturated rings. The number of pyridine rings is 1. The molecule has 0 radical (unpaired) electrons. The van der Waals surface area contributed by atoms with Crippen molar-refractivity contribution in [2.75, 3.05) is 0 Å². The van der Waals surface area contributed by atoms with Crippen LogP contribution < -0.4 is 0 Å². The summed E-state index contributed by atoms with van der Waals surface area (Å²) < 4.78 is 0. The molecule has 18 heavy (non-hydrogen) atoms. The lowest BCUT2D eigenvalue weighted by Crippen LogP contribution is -2.16. The third kappa shape index (κ3) is 6.25. The predicted molar refractivity (Wildman–Crippen MR) is 77.6 cm³/mol. The summed E-state index contributed by atoms with van der Waals surface area (Å²) in [4.78, 5) is 4.11. The number of aromatic nitrogens is 1. The van der Waals surface area contributed by atoms with Gasteiger partial charge in [0.25, 0.3) is 0 Å². The Morgan fingerprint density at radius 2 is 1.67 bits per heavy atom. The first-order valence-corrected chi connectivity index (χ1v) is 9.39. The summed E-state index contributed by atoms with van der Waals surface area (Å²) >= 11 is 0. The zero-order chi connectivity index (χ0) is 13.8. The van der Waals surface area contributed by atoms with Gasteiger partial charge in [-0.1, -0.05) is 37.4 Å². The third-order valence-electron chi connectivity index (χ3n) is 1.83. The molecule has 0 saturated carbocycles. The van der Waals surface area contributed by atoms with E-state index in [1.165, 1.54) is 0 Å². The van der Waals surface area contributed by atoms with E-state index in [4.69, 9.17) is 0 Å². The lowest BCUT2D eigenvalue weighted by Gasteiger charge is -2.05. The van der Waals surface area contributed by atoms with Crippen LogP contribution in [0, 0.1) is 23.3 Å². The van der Waals surface area contributed by atoms with Gasteiger partial charge in [-0.15, -0.1) is 5.54 Å². The molecule has 3 heteroatoms. The summed E-state index contributed by atoms with van der Waals surface area (Å²) in [5.41, 5.74) is 3.96. The molecule has 0 aliphatic rings. The van der Waals surface area contributed by atoms with Crippen LogP contribution in [0.5, 0.6) is 0 Å². The summed E-state index contributed by atoms with van der Waals surface area (Å²) in [6.07, 6.45) is 3.42. The zero-order valence-corrected chi connectivity index (χ0v) is 12.6. The lowest BCUT2D eigenvalue weighted by atomic mass is 10.1. The van der Waals surface area contributed by atoms with Gasteiger partial charge in [0.1, 0.15) is 13.7 Å². The Balaban J connectivity index is 2.99. The van der Waals surface area contributed by atoms with Crippen molar-refractivity contribution in [3.8, 4) is 23.3 Å². The van der Waals surface area contributed by atoms with E-state index >= 15 is 0 Å². The minimum absolute atomic E-state index is 0.777. The van der Waals surface area contributed by atoms with Crippen molar-refractivity contribution in [2.24, 2.45) is 0 Å². The predicted octanol–water partition coefficient (Wildman–Crippen LogP) is 2.43. The van der Waals surface area contributed by atoms with Crippen molar-refractivity contribution in [3.63, 3.8) is 0 Å². The molecule has 1 aromatic rings. The molecule has 0 saturated heterocycles. The number of nitrogens with zero attached hydrogens (tertiary/aromatic N) is 1. The van der Waals surface area contributed by atoms with Crippen molar-refractivity contribution in [1.29, 1.82) is 0 Å². The van der Waals surface area contributed by atoms with Gasteiger partial charge in [-0.05, 0) is 19.9 Å². The molecule has 0 unspecified atom stereocenters. The molecule has 1 rings (SSSR count). The standard InChI is InChI=1S/C15H19NOSi/c1-15(2,17)8-6-13-10-14(12-16-11-13)7-9-18(3,4)5/h10-12,17H,1-5H3. The van der Waals surface area contributed by atoms with E-state index in [9.17, 15) is 5.11 Å². The van der Waals surface area contributed by atoms with Crippen molar-refractivity contribution in [2.45, 2.75) is 39.1 Å². The van der Waals surface area contributed by atoms with Gasteiger partial charge in [0.2, 0.25) is 0 Å². The first-order chi connectivity index (χ1) is 8.16. The Hall–Kier alpha value is -1.55. The molecule has 1 heterocycles. The second-order valence-corrected chi connectivity index (χ2v) is 10.5. The maximum atomic E-state index is 9.54. The molecule has 0 aliphatic heterocycles. The second-order valence-electron chi connectivity index (χ2n) is 5.77. The van der Waals surface area contributed by atoms with Crippen molar-refractivity contribution >= 4 is 8.07 Å². The van der Waals surface area contributed by atoms with Gasteiger partial charge in [-0.2, -0.15) is 0 Å². The molecule has 0 atom stereocenters. The second kappa shape index (κ2) is 5.39. The van der Waals surface area contributed by atoms with Crippen LogP contribution in [-0.4, -0.2) is 23.8 Å². The van der Waals surface area contributed by atoms with E-state index in [-0.39, 0.29) is 0 Å². The molecule has 0 spiro atoms. The van der Waals surface area contributed by atoms with Gasteiger partial charge in [0, 0.05) is 23.5 Å². The summed E-state index contributed by atoms with van der Waals surface area (Å²) in [5, 5.41) is 9.54. The Morgan fingerprint density at radius 1 is 1.11 bits per heavy atom. The van der Waals surface area contributed by atoms with Gasteiger partial charge in [0.05, 0.1) is 0 Å². The highest BCUT2D eigenvalue weighted by Crippen LogP contribution is 2.04. The van der Waals surface area contributed by atoms with Crippen LogP contribution >= 0.6 is 0 Å². The van der Waals surface area contributed by atoms with Crippen LogP contribution in [0.15, 0.2) is 18.5 Å². The highest BCUT2D eigenvalue weighted by Gasteiger charge is 2.07. The number of hydrogen-bond donors (Lipinski definition) is 1. The maximum Gasteiger partial charge on any atom is 0.129 e. The first-order valence-electron chi connectivity index (χ1n) is 5.89. The summed E-state index contributed by atoms with van der Waals surface area (Å²) in [6, 6.07) is 1.90. The molecule has 0 bridgehead atoms. The van der Waals surface area contributed by atoms with Gasteiger partial charge in [-0.25, -0.2) is 0 Å². The summed E-state index contributed by atoms with van der Waals surface area (Å²) in [5.74, 6) is 8.81. The van der Waals surface area contributed by atoms with Crippen LogP contribution in [0.25, 0.3) is 0 Å². The van der Waals surface area contributed by atoms with Gasteiger partial charge >= 0.3 is 0 Å². The van der Waals surface area contributed by atoms with E-state index in [0.717, 1.165) is 11.1 Å². The van der Waals surface area contributed by atoms with E-state index < -0.39 is 13.7 Å².